The zero-order valence-corrected chi connectivity index (χ0v) is 14.3. The second kappa shape index (κ2) is 6.93. The summed E-state index contributed by atoms with van der Waals surface area (Å²) in [6.07, 6.45) is 1.65. The number of para-hydroxylation sites is 1. The van der Waals surface area contributed by atoms with Gasteiger partial charge in [0.2, 0.25) is 0 Å². The normalized spacial score (nSPS) is 15.7. The molecule has 1 aliphatic rings. The van der Waals surface area contributed by atoms with Crippen LogP contribution < -0.4 is 4.74 Å². The molecule has 1 aliphatic heterocycles. The number of aromatic hydroxyl groups is 1. The zero-order chi connectivity index (χ0) is 17.1. The third kappa shape index (κ3) is 3.36. The van der Waals surface area contributed by atoms with Gasteiger partial charge in [0, 0.05) is 11.1 Å². The maximum atomic E-state index is 12.2. The summed E-state index contributed by atoms with van der Waals surface area (Å²) in [5.74, 6) is 0.141. The van der Waals surface area contributed by atoms with Crippen LogP contribution in [0.1, 0.15) is 23.6 Å². The molecule has 5 heteroatoms. The number of phenols is 1. The van der Waals surface area contributed by atoms with Gasteiger partial charge in [-0.3, -0.25) is 4.79 Å². The van der Waals surface area contributed by atoms with Crippen LogP contribution in [-0.4, -0.2) is 22.7 Å². The molecule has 0 fully saturated rings. The second-order valence-corrected chi connectivity index (χ2v) is 6.36. The maximum Gasteiger partial charge on any atom is 0.284 e. The molecule has 1 N–H and O–H groups in total. The molecular weight excluding hydrogens is 322 g/mol. The van der Waals surface area contributed by atoms with Gasteiger partial charge in [-0.25, -0.2) is 4.99 Å². The van der Waals surface area contributed by atoms with Crippen molar-refractivity contribution in [1.82, 2.24) is 0 Å². The Kier molecular flexibility index (Phi) is 4.71. The highest BCUT2D eigenvalue weighted by atomic mass is 32.2. The van der Waals surface area contributed by atoms with E-state index in [9.17, 15) is 9.90 Å². The molecule has 2 aromatic carbocycles. The van der Waals surface area contributed by atoms with E-state index in [2.05, 4.69) is 4.99 Å². The van der Waals surface area contributed by atoms with Gasteiger partial charge in [-0.1, -0.05) is 53.7 Å². The highest BCUT2D eigenvalue weighted by molar-refractivity contribution is 8.19. The molecule has 2 aromatic rings. The monoisotopic (exact) mass is 339 g/mol. The van der Waals surface area contributed by atoms with Crippen LogP contribution in [0.4, 0.5) is 0 Å². The predicted octanol–water partition coefficient (Wildman–Crippen LogP) is 4.16. The number of hydrogen-bond acceptors (Lipinski definition) is 4. The van der Waals surface area contributed by atoms with Gasteiger partial charge in [0.1, 0.15) is 5.04 Å². The molecule has 3 rings (SSSR count). The summed E-state index contributed by atoms with van der Waals surface area (Å²) in [6, 6.07) is 13.1. The van der Waals surface area contributed by atoms with Crippen molar-refractivity contribution >= 4 is 28.8 Å². The predicted molar refractivity (Wildman–Crippen MR) is 97.6 cm³/mol. The van der Waals surface area contributed by atoms with Crippen LogP contribution in [0.3, 0.4) is 0 Å². The number of benzene rings is 2. The van der Waals surface area contributed by atoms with Crippen molar-refractivity contribution in [2.75, 3.05) is 6.61 Å². The lowest BCUT2D eigenvalue weighted by Gasteiger charge is -2.07. The Morgan fingerprint density at radius 2 is 1.96 bits per heavy atom. The van der Waals surface area contributed by atoms with Crippen LogP contribution in [0.2, 0.25) is 0 Å². The van der Waals surface area contributed by atoms with Crippen LogP contribution in [0.5, 0.6) is 11.5 Å². The first-order chi connectivity index (χ1) is 11.6. The number of aryl methyl sites for hydroxylation is 1. The van der Waals surface area contributed by atoms with Gasteiger partial charge in [-0.15, -0.1) is 0 Å². The molecular formula is C19H17NO3S. The molecule has 4 nitrogen and oxygen atoms in total. The number of ether oxygens (including phenoxy) is 1. The number of amides is 1. The topological polar surface area (TPSA) is 58.9 Å². The van der Waals surface area contributed by atoms with E-state index in [1.165, 1.54) is 11.8 Å². The highest BCUT2D eigenvalue weighted by Crippen LogP contribution is 2.36. The molecule has 0 aliphatic carbocycles. The summed E-state index contributed by atoms with van der Waals surface area (Å²) in [5, 5.41) is 10.9. The summed E-state index contributed by atoms with van der Waals surface area (Å²) in [7, 11) is 0. The minimum Gasteiger partial charge on any atom is -0.504 e. The van der Waals surface area contributed by atoms with Gasteiger partial charge >= 0.3 is 0 Å². The smallest absolute Gasteiger partial charge is 0.284 e. The third-order valence-corrected chi connectivity index (χ3v) is 4.57. The van der Waals surface area contributed by atoms with E-state index >= 15 is 0 Å². The van der Waals surface area contributed by atoms with Gasteiger partial charge in [0.25, 0.3) is 5.91 Å². The summed E-state index contributed by atoms with van der Waals surface area (Å²) >= 11 is 1.31. The molecule has 1 amide bonds. The number of nitrogens with zero attached hydrogens (tertiary/aromatic N) is 1. The molecule has 0 aromatic heterocycles. The SMILES string of the molecule is CCOc1cccc(C=C2SC(c3ccc(C)cc3)=NC2=O)c1O. The minimum atomic E-state index is -0.295. The van der Waals surface area contributed by atoms with E-state index in [-0.39, 0.29) is 11.7 Å². The number of carbonyl (C=O) groups is 1. The molecule has 1 heterocycles. The first kappa shape index (κ1) is 16.3. The Morgan fingerprint density at radius 1 is 1.21 bits per heavy atom. The van der Waals surface area contributed by atoms with Crippen molar-refractivity contribution in [3.05, 3.63) is 64.1 Å². The van der Waals surface area contributed by atoms with Crippen LogP contribution in [-0.2, 0) is 4.79 Å². The quantitative estimate of drug-likeness (QED) is 0.850. The van der Waals surface area contributed by atoms with Gasteiger partial charge < -0.3 is 9.84 Å². The van der Waals surface area contributed by atoms with E-state index in [1.54, 1.807) is 24.3 Å². The number of aliphatic imine (C=N–C) groups is 1. The van der Waals surface area contributed by atoms with Crippen molar-refractivity contribution in [1.29, 1.82) is 0 Å². The fourth-order valence-electron chi connectivity index (χ4n) is 2.30. The van der Waals surface area contributed by atoms with Crippen molar-refractivity contribution in [2.24, 2.45) is 4.99 Å². The Bertz CT molecular complexity index is 838. The molecule has 0 saturated heterocycles. The number of thioether (sulfide) groups is 1. The molecule has 0 unspecified atom stereocenters. The summed E-state index contributed by atoms with van der Waals surface area (Å²) in [5.41, 5.74) is 2.61. The van der Waals surface area contributed by atoms with Crippen molar-refractivity contribution in [3.8, 4) is 11.5 Å². The molecule has 0 radical (unpaired) electrons. The van der Waals surface area contributed by atoms with Crippen molar-refractivity contribution in [2.45, 2.75) is 13.8 Å². The Balaban J connectivity index is 1.87. The number of carbonyl (C=O) groups excluding carboxylic acids is 1. The number of hydrogen-bond donors (Lipinski definition) is 1. The lowest BCUT2D eigenvalue weighted by molar-refractivity contribution is -0.113. The van der Waals surface area contributed by atoms with Crippen molar-refractivity contribution < 1.29 is 14.6 Å². The average molecular weight is 339 g/mol. The molecule has 122 valence electrons. The van der Waals surface area contributed by atoms with Gasteiger partial charge in [0.15, 0.2) is 11.5 Å². The second-order valence-electron chi connectivity index (χ2n) is 5.33. The standard InChI is InChI=1S/C19H17NO3S/c1-3-23-15-6-4-5-14(17(15)21)11-16-18(22)20-19(24-16)13-9-7-12(2)8-10-13/h4-11,21H,3H2,1-2H3. The fraction of sp³-hybridized carbons (Fsp3) is 0.158. The number of rotatable bonds is 4. The molecule has 24 heavy (non-hydrogen) atoms. The lowest BCUT2D eigenvalue weighted by atomic mass is 10.1. The van der Waals surface area contributed by atoms with Crippen LogP contribution in [0.25, 0.3) is 6.08 Å². The lowest BCUT2D eigenvalue weighted by Crippen LogP contribution is -1.93. The van der Waals surface area contributed by atoms with E-state index in [4.69, 9.17) is 4.74 Å². The highest BCUT2D eigenvalue weighted by Gasteiger charge is 2.23. The van der Waals surface area contributed by atoms with Crippen LogP contribution in [0.15, 0.2) is 52.4 Å². The fourth-order valence-corrected chi connectivity index (χ4v) is 3.21. The first-order valence-electron chi connectivity index (χ1n) is 7.63. The van der Waals surface area contributed by atoms with Crippen molar-refractivity contribution in [3.63, 3.8) is 0 Å². The van der Waals surface area contributed by atoms with Gasteiger partial charge in [0.05, 0.1) is 11.5 Å². The van der Waals surface area contributed by atoms with E-state index in [0.717, 1.165) is 11.1 Å². The molecule has 0 saturated carbocycles. The molecule has 0 atom stereocenters. The van der Waals surface area contributed by atoms with Gasteiger partial charge in [-0.05, 0) is 26.0 Å². The zero-order valence-electron chi connectivity index (χ0n) is 13.4. The van der Waals surface area contributed by atoms with E-state index in [0.29, 0.717) is 27.9 Å². The van der Waals surface area contributed by atoms with Crippen LogP contribution >= 0.6 is 11.8 Å². The molecule has 0 spiro atoms. The summed E-state index contributed by atoms with van der Waals surface area (Å²) in [6.45, 7) is 4.32. The first-order valence-corrected chi connectivity index (χ1v) is 8.44. The maximum absolute atomic E-state index is 12.2. The summed E-state index contributed by atoms with van der Waals surface area (Å²) < 4.78 is 5.37. The van der Waals surface area contributed by atoms with Crippen LogP contribution in [0, 0.1) is 6.92 Å². The Hall–Kier alpha value is -2.53. The Labute approximate surface area is 144 Å². The Morgan fingerprint density at radius 3 is 2.67 bits per heavy atom. The van der Waals surface area contributed by atoms with E-state index < -0.39 is 0 Å². The minimum absolute atomic E-state index is 0.0315. The van der Waals surface area contributed by atoms with E-state index in [1.807, 2.05) is 38.1 Å². The average Bonchev–Trinajstić information content (AvgIpc) is 2.93. The third-order valence-electron chi connectivity index (χ3n) is 3.54. The number of phenolic OH excluding ortho intramolecular Hbond substituents is 1. The molecule has 0 bridgehead atoms. The summed E-state index contributed by atoms with van der Waals surface area (Å²) in [4.78, 5) is 16.8. The van der Waals surface area contributed by atoms with Gasteiger partial charge in [-0.2, -0.15) is 0 Å². The largest absolute Gasteiger partial charge is 0.504 e.